The van der Waals surface area contributed by atoms with Crippen LogP contribution in [0.1, 0.15) is 36.8 Å². The summed E-state index contributed by atoms with van der Waals surface area (Å²) in [6.45, 7) is 2.96. The van der Waals surface area contributed by atoms with Crippen molar-refractivity contribution in [1.29, 1.82) is 0 Å². The van der Waals surface area contributed by atoms with Crippen molar-refractivity contribution < 1.29 is 4.79 Å². The Kier molecular flexibility index (Phi) is 3.93. The van der Waals surface area contributed by atoms with Crippen LogP contribution < -0.4 is 5.32 Å². The molecule has 2 rings (SSSR count). The molecule has 0 aliphatic heterocycles. The number of hydrogen-bond acceptors (Lipinski definition) is 3. The number of hydrogen-bond donors (Lipinski definition) is 1. The second-order valence-electron chi connectivity index (χ2n) is 4.31. The molecule has 1 unspecified atom stereocenters. The van der Waals surface area contributed by atoms with Crippen molar-refractivity contribution in [1.82, 2.24) is 10.3 Å². The molecule has 16 heavy (non-hydrogen) atoms. The fourth-order valence-electron chi connectivity index (χ4n) is 2.06. The Labute approximate surface area is 100 Å². The first-order valence-corrected chi connectivity index (χ1v) is 6.88. The van der Waals surface area contributed by atoms with E-state index in [4.69, 9.17) is 0 Å². The molecule has 1 aliphatic rings. The van der Waals surface area contributed by atoms with Crippen LogP contribution >= 0.6 is 11.3 Å². The maximum Gasteiger partial charge on any atom is 0.223 e. The number of nitrogens with one attached hydrogen (secondary N) is 1. The zero-order chi connectivity index (χ0) is 11.4. The summed E-state index contributed by atoms with van der Waals surface area (Å²) in [6, 6.07) is 0. The number of unbranched alkanes of at least 4 members (excludes halogenated alkanes) is 1. The van der Waals surface area contributed by atoms with Gasteiger partial charge < -0.3 is 5.32 Å². The van der Waals surface area contributed by atoms with Crippen molar-refractivity contribution in [2.75, 3.05) is 6.54 Å². The van der Waals surface area contributed by atoms with E-state index in [1.54, 1.807) is 11.3 Å². The molecule has 1 amide bonds. The van der Waals surface area contributed by atoms with Crippen molar-refractivity contribution in [3.05, 3.63) is 16.1 Å². The molecule has 1 aliphatic carbocycles. The summed E-state index contributed by atoms with van der Waals surface area (Å²) in [5.74, 6) is 0.400. The van der Waals surface area contributed by atoms with Crippen molar-refractivity contribution in [2.24, 2.45) is 5.92 Å². The monoisotopic (exact) mass is 238 g/mol. The average molecular weight is 238 g/mol. The molecule has 88 valence electrons. The molecular weight excluding hydrogens is 220 g/mol. The highest BCUT2D eigenvalue weighted by molar-refractivity contribution is 7.09. The minimum Gasteiger partial charge on any atom is -0.356 e. The lowest BCUT2D eigenvalue weighted by Crippen LogP contribution is -2.34. The molecule has 0 spiro atoms. The van der Waals surface area contributed by atoms with E-state index in [0.29, 0.717) is 0 Å². The van der Waals surface area contributed by atoms with Gasteiger partial charge >= 0.3 is 0 Å². The quantitative estimate of drug-likeness (QED) is 0.817. The topological polar surface area (TPSA) is 42.0 Å². The van der Waals surface area contributed by atoms with Gasteiger partial charge in [0.15, 0.2) is 0 Å². The Balaban J connectivity index is 1.86. The van der Waals surface area contributed by atoms with Crippen LogP contribution in [-0.2, 0) is 17.6 Å². The number of fused-ring (bicyclic) bond motifs is 1. The standard InChI is InChI=1S/C12H18N2OS/c1-2-3-6-13-12(15)9-4-5-10-11(7-9)16-8-14-10/h8-9H,2-7H2,1H3,(H,13,15). The van der Waals surface area contributed by atoms with E-state index in [1.807, 2.05) is 5.51 Å². The maximum absolute atomic E-state index is 11.9. The molecule has 4 heteroatoms. The summed E-state index contributed by atoms with van der Waals surface area (Å²) >= 11 is 1.68. The number of amides is 1. The Bertz CT molecular complexity index is 362. The van der Waals surface area contributed by atoms with Gasteiger partial charge in [0.25, 0.3) is 0 Å². The lowest BCUT2D eigenvalue weighted by molar-refractivity contribution is -0.125. The molecular formula is C12H18N2OS. The van der Waals surface area contributed by atoms with Crippen molar-refractivity contribution in [3.8, 4) is 0 Å². The highest BCUT2D eigenvalue weighted by Crippen LogP contribution is 2.27. The first-order valence-electron chi connectivity index (χ1n) is 6.00. The first kappa shape index (κ1) is 11.6. The van der Waals surface area contributed by atoms with Gasteiger partial charge in [-0.15, -0.1) is 11.3 Å². The van der Waals surface area contributed by atoms with Crippen LogP contribution in [-0.4, -0.2) is 17.4 Å². The van der Waals surface area contributed by atoms with Crippen LogP contribution in [0.3, 0.4) is 0 Å². The average Bonchev–Trinajstić information content (AvgIpc) is 2.76. The second-order valence-corrected chi connectivity index (χ2v) is 5.25. The third-order valence-electron chi connectivity index (χ3n) is 3.09. The van der Waals surface area contributed by atoms with Crippen LogP contribution in [0, 0.1) is 5.92 Å². The SMILES string of the molecule is CCCCNC(=O)C1CCc2ncsc2C1. The predicted molar refractivity (Wildman–Crippen MR) is 65.5 cm³/mol. The lowest BCUT2D eigenvalue weighted by atomic mass is 9.90. The third-order valence-corrected chi connectivity index (χ3v) is 3.98. The molecule has 0 radical (unpaired) electrons. The summed E-state index contributed by atoms with van der Waals surface area (Å²) < 4.78 is 0. The molecule has 1 aromatic rings. The number of nitrogens with zero attached hydrogens (tertiary/aromatic N) is 1. The van der Waals surface area contributed by atoms with E-state index >= 15 is 0 Å². The van der Waals surface area contributed by atoms with Gasteiger partial charge in [0.2, 0.25) is 5.91 Å². The van der Waals surface area contributed by atoms with Crippen LogP contribution in [0.15, 0.2) is 5.51 Å². The van der Waals surface area contributed by atoms with Gasteiger partial charge in [-0.1, -0.05) is 13.3 Å². The second kappa shape index (κ2) is 5.43. The zero-order valence-corrected chi connectivity index (χ0v) is 10.5. The minimum absolute atomic E-state index is 0.171. The van der Waals surface area contributed by atoms with Crippen molar-refractivity contribution in [3.63, 3.8) is 0 Å². The summed E-state index contributed by atoms with van der Waals surface area (Å²) in [5.41, 5.74) is 3.10. The Hall–Kier alpha value is -0.900. The molecule has 0 bridgehead atoms. The van der Waals surface area contributed by atoms with Crippen LogP contribution in [0.2, 0.25) is 0 Å². The summed E-state index contributed by atoms with van der Waals surface area (Å²) in [7, 11) is 0. The first-order chi connectivity index (χ1) is 7.81. The molecule has 1 N–H and O–H groups in total. The van der Waals surface area contributed by atoms with Gasteiger partial charge in [0.1, 0.15) is 0 Å². The molecule has 1 aromatic heterocycles. The molecule has 1 heterocycles. The largest absolute Gasteiger partial charge is 0.356 e. The van der Waals surface area contributed by atoms with E-state index in [2.05, 4.69) is 17.2 Å². The maximum atomic E-state index is 11.9. The van der Waals surface area contributed by atoms with E-state index in [-0.39, 0.29) is 11.8 Å². The Morgan fingerprint density at radius 2 is 2.56 bits per heavy atom. The number of aryl methyl sites for hydroxylation is 1. The van der Waals surface area contributed by atoms with E-state index in [1.165, 1.54) is 10.6 Å². The highest BCUT2D eigenvalue weighted by atomic mass is 32.1. The summed E-state index contributed by atoms with van der Waals surface area (Å²) in [6.07, 6.45) is 5.01. The third kappa shape index (κ3) is 2.61. The molecule has 1 atom stereocenters. The Morgan fingerprint density at radius 1 is 1.69 bits per heavy atom. The normalized spacial score (nSPS) is 19.2. The van der Waals surface area contributed by atoms with E-state index < -0.39 is 0 Å². The van der Waals surface area contributed by atoms with Crippen LogP contribution in [0.25, 0.3) is 0 Å². The van der Waals surface area contributed by atoms with Gasteiger partial charge in [-0.2, -0.15) is 0 Å². The summed E-state index contributed by atoms with van der Waals surface area (Å²) in [4.78, 5) is 17.5. The Morgan fingerprint density at radius 3 is 3.38 bits per heavy atom. The molecule has 0 fully saturated rings. The smallest absolute Gasteiger partial charge is 0.223 e. The number of rotatable bonds is 4. The van der Waals surface area contributed by atoms with Gasteiger partial charge in [0, 0.05) is 17.3 Å². The molecule has 3 nitrogen and oxygen atoms in total. The number of carbonyl (C=O) groups excluding carboxylic acids is 1. The molecule has 0 aromatic carbocycles. The minimum atomic E-state index is 0.171. The van der Waals surface area contributed by atoms with Crippen molar-refractivity contribution >= 4 is 17.2 Å². The van der Waals surface area contributed by atoms with Gasteiger partial charge in [-0.25, -0.2) is 4.98 Å². The molecule has 0 saturated heterocycles. The van der Waals surface area contributed by atoms with Crippen LogP contribution in [0.4, 0.5) is 0 Å². The molecule has 0 saturated carbocycles. The highest BCUT2D eigenvalue weighted by Gasteiger charge is 2.25. The summed E-state index contributed by atoms with van der Waals surface area (Å²) in [5, 5.41) is 3.02. The number of aromatic nitrogens is 1. The van der Waals surface area contributed by atoms with Crippen molar-refractivity contribution in [2.45, 2.75) is 39.0 Å². The van der Waals surface area contributed by atoms with Gasteiger partial charge in [0.05, 0.1) is 11.2 Å². The van der Waals surface area contributed by atoms with Gasteiger partial charge in [-0.3, -0.25) is 4.79 Å². The fourth-order valence-corrected chi connectivity index (χ4v) is 2.95. The van der Waals surface area contributed by atoms with Crippen LogP contribution in [0.5, 0.6) is 0 Å². The zero-order valence-electron chi connectivity index (χ0n) is 9.66. The van der Waals surface area contributed by atoms with Gasteiger partial charge in [-0.05, 0) is 25.7 Å². The number of thiazole rings is 1. The lowest BCUT2D eigenvalue weighted by Gasteiger charge is -2.20. The number of carbonyl (C=O) groups is 1. The fraction of sp³-hybridized carbons (Fsp3) is 0.667. The van der Waals surface area contributed by atoms with E-state index in [9.17, 15) is 4.79 Å². The van der Waals surface area contributed by atoms with E-state index in [0.717, 1.165) is 38.6 Å². The predicted octanol–water partition coefficient (Wildman–Crippen LogP) is 2.16.